The molecule has 1 aromatic heterocycles. The second-order valence-electron chi connectivity index (χ2n) is 4.86. The SMILES string of the molecule is Cc1ccc(OCc2coc3cccc(CN)c23)cc1. The molecule has 0 amide bonds. The third-order valence-electron chi connectivity index (χ3n) is 3.40. The van der Waals surface area contributed by atoms with Crippen molar-refractivity contribution in [3.8, 4) is 5.75 Å². The van der Waals surface area contributed by atoms with E-state index in [1.807, 2.05) is 42.5 Å². The second-order valence-corrected chi connectivity index (χ2v) is 4.86. The van der Waals surface area contributed by atoms with Gasteiger partial charge < -0.3 is 14.9 Å². The first-order chi connectivity index (χ1) is 9.78. The zero-order chi connectivity index (χ0) is 13.9. The molecule has 20 heavy (non-hydrogen) atoms. The van der Waals surface area contributed by atoms with E-state index in [0.29, 0.717) is 13.2 Å². The fraction of sp³-hybridized carbons (Fsp3) is 0.176. The summed E-state index contributed by atoms with van der Waals surface area (Å²) in [6, 6.07) is 13.9. The summed E-state index contributed by atoms with van der Waals surface area (Å²) in [4.78, 5) is 0. The lowest BCUT2D eigenvalue weighted by atomic mass is 10.1. The van der Waals surface area contributed by atoms with Crippen LogP contribution in [-0.4, -0.2) is 0 Å². The molecule has 3 heteroatoms. The van der Waals surface area contributed by atoms with Crippen molar-refractivity contribution >= 4 is 11.0 Å². The van der Waals surface area contributed by atoms with E-state index in [2.05, 4.69) is 6.92 Å². The van der Waals surface area contributed by atoms with E-state index in [1.165, 1.54) is 5.56 Å². The topological polar surface area (TPSA) is 48.4 Å². The Morgan fingerprint density at radius 1 is 1.05 bits per heavy atom. The lowest BCUT2D eigenvalue weighted by Gasteiger charge is -2.06. The van der Waals surface area contributed by atoms with Crippen molar-refractivity contribution in [3.63, 3.8) is 0 Å². The minimum atomic E-state index is 0.479. The maximum Gasteiger partial charge on any atom is 0.134 e. The van der Waals surface area contributed by atoms with E-state index < -0.39 is 0 Å². The van der Waals surface area contributed by atoms with Crippen molar-refractivity contribution in [2.24, 2.45) is 5.73 Å². The van der Waals surface area contributed by atoms with E-state index in [4.69, 9.17) is 14.9 Å². The van der Waals surface area contributed by atoms with Gasteiger partial charge in [-0.3, -0.25) is 0 Å². The summed E-state index contributed by atoms with van der Waals surface area (Å²) in [7, 11) is 0. The maximum absolute atomic E-state index is 5.81. The van der Waals surface area contributed by atoms with Crippen LogP contribution in [0.25, 0.3) is 11.0 Å². The Morgan fingerprint density at radius 2 is 1.85 bits per heavy atom. The van der Waals surface area contributed by atoms with Gasteiger partial charge in [-0.05, 0) is 30.7 Å². The van der Waals surface area contributed by atoms with Crippen molar-refractivity contribution in [3.05, 3.63) is 65.4 Å². The summed E-state index contributed by atoms with van der Waals surface area (Å²) in [5.41, 5.74) is 9.97. The third-order valence-corrected chi connectivity index (χ3v) is 3.40. The van der Waals surface area contributed by atoms with Gasteiger partial charge in [0.05, 0.1) is 6.26 Å². The predicted octanol–water partition coefficient (Wildman–Crippen LogP) is 3.78. The maximum atomic E-state index is 5.81. The molecule has 0 unspecified atom stereocenters. The van der Waals surface area contributed by atoms with Crippen LogP contribution in [0.1, 0.15) is 16.7 Å². The third kappa shape index (κ3) is 2.40. The largest absolute Gasteiger partial charge is 0.489 e. The molecular formula is C17H17NO2. The number of benzene rings is 2. The number of nitrogens with two attached hydrogens (primary N) is 1. The van der Waals surface area contributed by atoms with Crippen molar-refractivity contribution in [1.82, 2.24) is 0 Å². The predicted molar refractivity (Wildman–Crippen MR) is 79.6 cm³/mol. The lowest BCUT2D eigenvalue weighted by molar-refractivity contribution is 0.306. The lowest BCUT2D eigenvalue weighted by Crippen LogP contribution is -1.99. The number of furan rings is 1. The van der Waals surface area contributed by atoms with Crippen molar-refractivity contribution in [1.29, 1.82) is 0 Å². The average Bonchev–Trinajstić information content (AvgIpc) is 2.90. The first-order valence-electron chi connectivity index (χ1n) is 6.65. The monoisotopic (exact) mass is 267 g/mol. The van der Waals surface area contributed by atoms with Crippen LogP contribution in [-0.2, 0) is 13.2 Å². The molecule has 0 bridgehead atoms. The minimum Gasteiger partial charge on any atom is -0.489 e. The van der Waals surface area contributed by atoms with Crippen LogP contribution in [0.3, 0.4) is 0 Å². The molecule has 0 spiro atoms. The highest BCUT2D eigenvalue weighted by Gasteiger charge is 2.10. The second kappa shape index (κ2) is 5.39. The van der Waals surface area contributed by atoms with E-state index in [9.17, 15) is 0 Å². The fourth-order valence-electron chi connectivity index (χ4n) is 2.30. The molecule has 0 aliphatic heterocycles. The highest BCUT2D eigenvalue weighted by atomic mass is 16.5. The Hall–Kier alpha value is -2.26. The van der Waals surface area contributed by atoms with Gasteiger partial charge >= 0.3 is 0 Å². The van der Waals surface area contributed by atoms with Gasteiger partial charge in [0.15, 0.2) is 0 Å². The van der Waals surface area contributed by atoms with Gasteiger partial charge in [-0.25, -0.2) is 0 Å². The van der Waals surface area contributed by atoms with Gasteiger partial charge in [0.1, 0.15) is 17.9 Å². The molecule has 102 valence electrons. The smallest absolute Gasteiger partial charge is 0.134 e. The zero-order valence-electron chi connectivity index (χ0n) is 11.4. The summed E-state index contributed by atoms with van der Waals surface area (Å²) in [5, 5.41) is 1.07. The molecule has 2 N–H and O–H groups in total. The molecule has 0 radical (unpaired) electrons. The number of hydrogen-bond acceptors (Lipinski definition) is 3. The molecule has 0 saturated carbocycles. The Morgan fingerprint density at radius 3 is 2.60 bits per heavy atom. The molecule has 0 fully saturated rings. The summed E-state index contributed by atoms with van der Waals surface area (Å²) >= 11 is 0. The van der Waals surface area contributed by atoms with E-state index >= 15 is 0 Å². The zero-order valence-corrected chi connectivity index (χ0v) is 11.4. The number of fused-ring (bicyclic) bond motifs is 1. The van der Waals surface area contributed by atoms with Gasteiger partial charge in [0.25, 0.3) is 0 Å². The Labute approximate surface area is 118 Å². The number of ether oxygens (including phenoxy) is 1. The Bertz CT molecular complexity index is 713. The van der Waals surface area contributed by atoms with E-state index in [-0.39, 0.29) is 0 Å². The standard InChI is InChI=1S/C17H17NO2/c1-12-5-7-15(8-6-12)19-10-14-11-20-16-4-2-3-13(9-18)17(14)16/h2-8,11H,9-10,18H2,1H3. The normalized spacial score (nSPS) is 10.9. The summed E-state index contributed by atoms with van der Waals surface area (Å²) < 4.78 is 11.4. The van der Waals surface area contributed by atoms with E-state index in [1.54, 1.807) is 6.26 Å². The molecule has 0 saturated heterocycles. The van der Waals surface area contributed by atoms with Crippen LogP contribution >= 0.6 is 0 Å². The first kappa shape index (κ1) is 12.8. The highest BCUT2D eigenvalue weighted by molar-refractivity contribution is 5.84. The summed E-state index contributed by atoms with van der Waals surface area (Å²) in [6.45, 7) is 3.03. The molecular weight excluding hydrogens is 250 g/mol. The quantitative estimate of drug-likeness (QED) is 0.782. The van der Waals surface area contributed by atoms with Crippen molar-refractivity contribution in [2.45, 2.75) is 20.1 Å². The number of rotatable bonds is 4. The average molecular weight is 267 g/mol. The van der Waals surface area contributed by atoms with E-state index in [0.717, 1.165) is 27.8 Å². The molecule has 1 heterocycles. The van der Waals surface area contributed by atoms with Crippen LogP contribution in [0.2, 0.25) is 0 Å². The van der Waals surface area contributed by atoms with Crippen LogP contribution in [0.15, 0.2) is 53.1 Å². The van der Waals surface area contributed by atoms with Crippen molar-refractivity contribution in [2.75, 3.05) is 0 Å². The van der Waals surface area contributed by atoms with Crippen LogP contribution in [0.4, 0.5) is 0 Å². The first-order valence-corrected chi connectivity index (χ1v) is 6.65. The Balaban J connectivity index is 1.86. The molecule has 3 rings (SSSR count). The molecule has 0 atom stereocenters. The molecule has 0 aliphatic rings. The van der Waals surface area contributed by atoms with Gasteiger partial charge in [-0.15, -0.1) is 0 Å². The van der Waals surface area contributed by atoms with Gasteiger partial charge in [0.2, 0.25) is 0 Å². The fourth-order valence-corrected chi connectivity index (χ4v) is 2.30. The van der Waals surface area contributed by atoms with Gasteiger partial charge in [-0.1, -0.05) is 29.8 Å². The molecule has 3 aromatic rings. The minimum absolute atomic E-state index is 0.479. The summed E-state index contributed by atoms with van der Waals surface area (Å²) in [5.74, 6) is 0.857. The van der Waals surface area contributed by atoms with Crippen LogP contribution in [0.5, 0.6) is 5.75 Å². The van der Waals surface area contributed by atoms with Crippen LogP contribution in [0, 0.1) is 6.92 Å². The van der Waals surface area contributed by atoms with Gasteiger partial charge in [0, 0.05) is 17.5 Å². The summed E-state index contributed by atoms with van der Waals surface area (Å²) in [6.07, 6.45) is 1.75. The number of hydrogen-bond donors (Lipinski definition) is 1. The van der Waals surface area contributed by atoms with Gasteiger partial charge in [-0.2, -0.15) is 0 Å². The Kier molecular flexibility index (Phi) is 3.44. The van der Waals surface area contributed by atoms with Crippen LogP contribution < -0.4 is 10.5 Å². The molecule has 2 aromatic carbocycles. The molecule has 3 nitrogen and oxygen atoms in total. The number of aryl methyl sites for hydroxylation is 1. The molecule has 0 aliphatic carbocycles. The highest BCUT2D eigenvalue weighted by Crippen LogP contribution is 2.26. The van der Waals surface area contributed by atoms with Crippen molar-refractivity contribution < 1.29 is 9.15 Å².